The number of amides is 2. The van der Waals surface area contributed by atoms with Crippen molar-refractivity contribution in [3.63, 3.8) is 0 Å². The second-order valence-electron chi connectivity index (χ2n) is 5.98. The number of carboxylic acids is 1. The number of nitrogens with zero attached hydrogens (tertiary/aromatic N) is 2. The van der Waals surface area contributed by atoms with Gasteiger partial charge in [-0.15, -0.1) is 0 Å². The second-order valence-corrected chi connectivity index (χ2v) is 5.98. The molecule has 156 valence electrons. The molecule has 0 spiro atoms. The third-order valence-electron chi connectivity index (χ3n) is 3.71. The van der Waals surface area contributed by atoms with Crippen LogP contribution in [0.4, 0.5) is 0 Å². The van der Waals surface area contributed by atoms with Crippen LogP contribution in [-0.2, 0) is 20.8 Å². The summed E-state index contributed by atoms with van der Waals surface area (Å²) < 4.78 is 0. The highest BCUT2D eigenvalue weighted by Crippen LogP contribution is 2.01. The maximum absolute atomic E-state index is 12.2. The summed E-state index contributed by atoms with van der Waals surface area (Å²) in [7, 11) is 0. The van der Waals surface area contributed by atoms with Gasteiger partial charge < -0.3 is 43.0 Å². The highest BCUT2D eigenvalue weighted by Gasteiger charge is 2.27. The number of rotatable bonds is 12. The smallest absolute Gasteiger partial charge is 0.326 e. The first-order valence-corrected chi connectivity index (χ1v) is 8.47. The number of aromatic nitrogens is 2. The number of guanidine groups is 1. The van der Waals surface area contributed by atoms with E-state index in [0.29, 0.717) is 12.1 Å². The Morgan fingerprint density at radius 2 is 1.89 bits per heavy atom. The third-order valence-corrected chi connectivity index (χ3v) is 3.71. The zero-order valence-electron chi connectivity index (χ0n) is 15.2. The number of carbonyl (C=O) groups is 3. The molecule has 1 heterocycles. The van der Waals surface area contributed by atoms with Crippen molar-refractivity contribution in [1.29, 1.82) is 0 Å². The minimum Gasteiger partial charge on any atom is -0.480 e. The molecule has 0 aliphatic rings. The average molecular weight is 398 g/mol. The van der Waals surface area contributed by atoms with Crippen molar-refractivity contribution in [3.05, 3.63) is 18.2 Å². The maximum atomic E-state index is 12.2. The zero-order chi connectivity index (χ0) is 21.1. The minimum absolute atomic E-state index is 0.0588. The molecule has 0 aromatic carbocycles. The quantitative estimate of drug-likeness (QED) is 0.0983. The Balaban J connectivity index is 2.57. The lowest BCUT2D eigenvalue weighted by Crippen LogP contribution is -2.56. The fraction of sp³-hybridized carbons (Fsp3) is 0.533. The number of aliphatic carboxylic acids is 1. The topological polar surface area (TPSA) is 235 Å². The monoisotopic (exact) mass is 398 g/mol. The molecule has 0 saturated carbocycles. The molecule has 2 amide bonds. The van der Waals surface area contributed by atoms with Gasteiger partial charge in [0.05, 0.1) is 19.0 Å². The molecule has 0 saturated heterocycles. The van der Waals surface area contributed by atoms with Crippen molar-refractivity contribution < 1.29 is 24.6 Å². The van der Waals surface area contributed by atoms with Crippen molar-refractivity contribution in [1.82, 2.24) is 20.6 Å². The SMILES string of the molecule is NC(N)=NCCCC(NC(=O)C(CO)NC(=O)C(N)Cc1cnc[nH]1)C(=O)O. The number of carbonyl (C=O) groups excluding carboxylic acids is 2. The summed E-state index contributed by atoms with van der Waals surface area (Å²) in [6.07, 6.45) is 3.45. The molecular formula is C15H26N8O5. The number of imidazole rings is 1. The van der Waals surface area contributed by atoms with E-state index in [2.05, 4.69) is 25.6 Å². The number of H-pyrrole nitrogens is 1. The molecule has 13 nitrogen and oxygen atoms in total. The Hall–Kier alpha value is -3.19. The van der Waals surface area contributed by atoms with E-state index >= 15 is 0 Å². The molecular weight excluding hydrogens is 372 g/mol. The van der Waals surface area contributed by atoms with Crippen LogP contribution in [0.25, 0.3) is 0 Å². The highest BCUT2D eigenvalue weighted by atomic mass is 16.4. The second kappa shape index (κ2) is 11.5. The summed E-state index contributed by atoms with van der Waals surface area (Å²) in [4.78, 5) is 46.0. The van der Waals surface area contributed by atoms with Crippen LogP contribution in [-0.4, -0.2) is 75.2 Å². The summed E-state index contributed by atoms with van der Waals surface area (Å²) in [5.74, 6) is -2.91. The summed E-state index contributed by atoms with van der Waals surface area (Å²) >= 11 is 0. The molecule has 11 N–H and O–H groups in total. The minimum atomic E-state index is -1.35. The van der Waals surface area contributed by atoms with Gasteiger partial charge in [0.25, 0.3) is 0 Å². The van der Waals surface area contributed by atoms with Crippen molar-refractivity contribution >= 4 is 23.7 Å². The first-order valence-electron chi connectivity index (χ1n) is 8.47. The molecule has 13 heteroatoms. The van der Waals surface area contributed by atoms with Gasteiger partial charge >= 0.3 is 5.97 Å². The van der Waals surface area contributed by atoms with Crippen molar-refractivity contribution in [2.24, 2.45) is 22.2 Å². The molecule has 3 unspecified atom stereocenters. The van der Waals surface area contributed by atoms with Gasteiger partial charge in [0, 0.05) is 24.9 Å². The lowest BCUT2D eigenvalue weighted by molar-refractivity contribution is -0.142. The molecule has 1 rings (SSSR count). The fourth-order valence-corrected chi connectivity index (χ4v) is 2.23. The Morgan fingerprint density at radius 3 is 2.43 bits per heavy atom. The van der Waals surface area contributed by atoms with E-state index in [9.17, 15) is 24.6 Å². The molecule has 0 aliphatic carbocycles. The van der Waals surface area contributed by atoms with Gasteiger partial charge in [0.1, 0.15) is 12.1 Å². The fourth-order valence-electron chi connectivity index (χ4n) is 2.23. The van der Waals surface area contributed by atoms with Crippen molar-refractivity contribution in [2.75, 3.05) is 13.2 Å². The van der Waals surface area contributed by atoms with Crippen LogP contribution in [0, 0.1) is 0 Å². The van der Waals surface area contributed by atoms with Gasteiger partial charge in [-0.1, -0.05) is 0 Å². The van der Waals surface area contributed by atoms with Crippen LogP contribution >= 0.6 is 0 Å². The summed E-state index contributed by atoms with van der Waals surface area (Å²) in [5, 5.41) is 23.2. The molecule has 1 aromatic heterocycles. The van der Waals surface area contributed by atoms with Gasteiger partial charge in [-0.05, 0) is 12.8 Å². The largest absolute Gasteiger partial charge is 0.480 e. The van der Waals surface area contributed by atoms with Gasteiger partial charge in [-0.2, -0.15) is 0 Å². The van der Waals surface area contributed by atoms with Crippen molar-refractivity contribution in [2.45, 2.75) is 37.4 Å². The Labute approximate surface area is 160 Å². The Morgan fingerprint density at radius 1 is 1.21 bits per heavy atom. The standard InChI is InChI=1S/C15H26N8O5/c16-9(4-8-5-19-7-21-8)12(25)23-11(6-24)13(26)22-10(14(27)28)2-1-3-20-15(17)18/h5,7,9-11,24H,1-4,6,16H2,(H,19,21)(H,22,26)(H,23,25)(H,27,28)(H4,17,18,20). The number of aliphatic hydroxyl groups excluding tert-OH is 1. The number of nitrogens with one attached hydrogen (secondary N) is 3. The molecule has 3 atom stereocenters. The zero-order valence-corrected chi connectivity index (χ0v) is 15.2. The number of aliphatic hydroxyl groups is 1. The average Bonchev–Trinajstić information content (AvgIpc) is 3.14. The Kier molecular flexibility index (Phi) is 9.39. The molecule has 0 aliphatic heterocycles. The summed E-state index contributed by atoms with van der Waals surface area (Å²) in [6.45, 7) is -0.528. The highest BCUT2D eigenvalue weighted by molar-refractivity contribution is 5.91. The van der Waals surface area contributed by atoms with Gasteiger partial charge in [-0.25, -0.2) is 9.78 Å². The number of hydrogen-bond acceptors (Lipinski definition) is 7. The van der Waals surface area contributed by atoms with Crippen molar-refractivity contribution in [3.8, 4) is 0 Å². The summed E-state index contributed by atoms with van der Waals surface area (Å²) in [6, 6.07) is -3.57. The number of aliphatic imine (C=N–C) groups is 1. The third kappa shape index (κ3) is 8.01. The van der Waals surface area contributed by atoms with E-state index in [4.69, 9.17) is 17.2 Å². The van der Waals surface area contributed by atoms with Gasteiger partial charge in [-0.3, -0.25) is 14.6 Å². The van der Waals surface area contributed by atoms with E-state index < -0.39 is 42.5 Å². The van der Waals surface area contributed by atoms with E-state index in [1.807, 2.05) is 0 Å². The lowest BCUT2D eigenvalue weighted by Gasteiger charge is -2.21. The van der Waals surface area contributed by atoms with Crippen LogP contribution in [0.15, 0.2) is 17.5 Å². The van der Waals surface area contributed by atoms with E-state index in [-0.39, 0.29) is 25.3 Å². The first kappa shape index (κ1) is 22.9. The van der Waals surface area contributed by atoms with Gasteiger partial charge in [0.2, 0.25) is 11.8 Å². The molecule has 28 heavy (non-hydrogen) atoms. The Bertz CT molecular complexity index is 674. The van der Waals surface area contributed by atoms with Gasteiger partial charge in [0.15, 0.2) is 5.96 Å². The molecule has 1 aromatic rings. The van der Waals surface area contributed by atoms with Crippen LogP contribution in [0.3, 0.4) is 0 Å². The van der Waals surface area contributed by atoms with Crippen LogP contribution in [0.5, 0.6) is 0 Å². The maximum Gasteiger partial charge on any atom is 0.326 e. The predicted molar refractivity (Wildman–Crippen MR) is 98.8 cm³/mol. The molecule has 0 fully saturated rings. The summed E-state index contributed by atoms with van der Waals surface area (Å²) in [5.41, 5.74) is 16.7. The number of nitrogens with two attached hydrogens (primary N) is 3. The van der Waals surface area contributed by atoms with Crippen LogP contribution in [0.1, 0.15) is 18.5 Å². The first-order chi connectivity index (χ1) is 13.2. The number of hydrogen-bond donors (Lipinski definition) is 8. The van der Waals surface area contributed by atoms with E-state index in [1.54, 1.807) is 0 Å². The van der Waals surface area contributed by atoms with Crippen LogP contribution in [0.2, 0.25) is 0 Å². The van der Waals surface area contributed by atoms with Crippen LogP contribution < -0.4 is 27.8 Å². The van der Waals surface area contributed by atoms with E-state index in [0.717, 1.165) is 0 Å². The lowest BCUT2D eigenvalue weighted by atomic mass is 10.1. The number of carboxylic acid groups (broad SMARTS) is 1. The predicted octanol–water partition coefficient (Wildman–Crippen LogP) is -3.62. The molecule has 0 bridgehead atoms. The van der Waals surface area contributed by atoms with E-state index in [1.165, 1.54) is 12.5 Å². The number of aromatic amines is 1. The molecule has 0 radical (unpaired) electrons. The normalized spacial score (nSPS) is 13.8.